The van der Waals surface area contributed by atoms with Gasteiger partial charge in [-0.1, -0.05) is 6.07 Å². The maximum atomic E-state index is 13.3. The van der Waals surface area contributed by atoms with Crippen molar-refractivity contribution in [1.82, 2.24) is 0 Å². The van der Waals surface area contributed by atoms with E-state index >= 15 is 0 Å². The third-order valence-corrected chi connectivity index (χ3v) is 3.54. The van der Waals surface area contributed by atoms with Crippen molar-refractivity contribution < 1.29 is 23.1 Å². The number of hydrogen-bond acceptors (Lipinski definition) is 3. The Hall–Kier alpha value is -2.96. The highest BCUT2D eigenvalue weighted by Crippen LogP contribution is 2.28. The number of rotatable bonds is 4. The third kappa shape index (κ3) is 2.85. The molecule has 0 N–H and O–H groups in total. The molecule has 118 valence electrons. The van der Waals surface area contributed by atoms with Crippen molar-refractivity contribution in [2.45, 2.75) is 0 Å². The molecule has 1 aliphatic rings. The quantitative estimate of drug-likeness (QED) is 0.815. The number of amides is 2. The molecule has 0 atom stereocenters. The van der Waals surface area contributed by atoms with Crippen molar-refractivity contribution in [2.75, 3.05) is 22.9 Å². The number of carbonyl (C=O) groups excluding carboxylic acids is 2. The molecule has 2 aromatic carbocycles. The van der Waals surface area contributed by atoms with Gasteiger partial charge in [0.1, 0.15) is 5.75 Å². The van der Waals surface area contributed by atoms with Gasteiger partial charge in [-0.05, 0) is 24.3 Å². The van der Waals surface area contributed by atoms with Gasteiger partial charge in [0.2, 0.25) is 0 Å². The van der Waals surface area contributed by atoms with E-state index in [1.54, 1.807) is 24.3 Å². The number of urea groups is 1. The lowest BCUT2D eigenvalue weighted by molar-refractivity contribution is -0.120. The monoisotopic (exact) mass is 318 g/mol. The van der Waals surface area contributed by atoms with Crippen molar-refractivity contribution in [1.29, 1.82) is 0 Å². The minimum absolute atomic E-state index is 0.289. The van der Waals surface area contributed by atoms with E-state index < -0.39 is 11.6 Å². The van der Waals surface area contributed by atoms with Crippen molar-refractivity contribution in [3.05, 3.63) is 54.1 Å². The normalized spacial score (nSPS) is 14.3. The van der Waals surface area contributed by atoms with Gasteiger partial charge in [0.25, 0.3) is 6.47 Å². The molecule has 0 aromatic heterocycles. The molecule has 0 unspecified atom stereocenters. The molecule has 23 heavy (non-hydrogen) atoms. The Bertz CT molecular complexity index is 767. The van der Waals surface area contributed by atoms with Crippen LogP contribution in [0.3, 0.4) is 0 Å². The summed E-state index contributed by atoms with van der Waals surface area (Å²) in [6, 6.07) is 9.46. The van der Waals surface area contributed by atoms with E-state index in [1.807, 2.05) is 0 Å². The summed E-state index contributed by atoms with van der Waals surface area (Å²) in [4.78, 5) is 25.7. The first-order valence-electron chi connectivity index (χ1n) is 6.84. The third-order valence-electron chi connectivity index (χ3n) is 3.54. The van der Waals surface area contributed by atoms with Gasteiger partial charge >= 0.3 is 6.03 Å². The minimum Gasteiger partial charge on any atom is -0.429 e. The Morgan fingerprint density at radius 1 is 0.957 bits per heavy atom. The minimum atomic E-state index is -1.00. The Balaban J connectivity index is 1.85. The summed E-state index contributed by atoms with van der Waals surface area (Å²) in [6.07, 6.45) is 0. The topological polar surface area (TPSA) is 49.9 Å². The van der Waals surface area contributed by atoms with Gasteiger partial charge in [-0.15, -0.1) is 0 Å². The predicted molar refractivity (Wildman–Crippen MR) is 79.6 cm³/mol. The molecule has 0 aliphatic carbocycles. The zero-order valence-electron chi connectivity index (χ0n) is 11.9. The highest BCUT2D eigenvalue weighted by atomic mass is 19.2. The van der Waals surface area contributed by atoms with Gasteiger partial charge in [0.05, 0.1) is 0 Å². The summed E-state index contributed by atoms with van der Waals surface area (Å²) in [5, 5.41) is 0. The Labute approximate surface area is 130 Å². The number of benzene rings is 2. The van der Waals surface area contributed by atoms with E-state index in [0.717, 1.165) is 12.1 Å². The summed E-state index contributed by atoms with van der Waals surface area (Å²) < 4.78 is 31.1. The Morgan fingerprint density at radius 3 is 2.30 bits per heavy atom. The molecule has 0 radical (unpaired) electrons. The molecule has 1 aliphatic heterocycles. The fourth-order valence-corrected chi connectivity index (χ4v) is 2.45. The van der Waals surface area contributed by atoms with Crippen LogP contribution in [-0.2, 0) is 4.79 Å². The number of halogens is 2. The van der Waals surface area contributed by atoms with Crippen molar-refractivity contribution in [3.63, 3.8) is 0 Å². The van der Waals surface area contributed by atoms with E-state index in [9.17, 15) is 18.4 Å². The average Bonchev–Trinajstić information content (AvgIpc) is 2.92. The number of nitrogens with zero attached hydrogens (tertiary/aromatic N) is 2. The summed E-state index contributed by atoms with van der Waals surface area (Å²) in [7, 11) is 0. The summed E-state index contributed by atoms with van der Waals surface area (Å²) in [5.41, 5.74) is 0.844. The molecule has 2 aromatic rings. The SMILES string of the molecule is O=COc1cccc(N2CCN(c3ccc(F)c(F)c3)C2=O)c1. The first-order valence-corrected chi connectivity index (χ1v) is 6.84. The maximum absolute atomic E-state index is 13.3. The van der Waals surface area contributed by atoms with E-state index in [4.69, 9.17) is 4.74 Å². The molecule has 2 amide bonds. The van der Waals surface area contributed by atoms with Crippen LogP contribution >= 0.6 is 0 Å². The molecular weight excluding hydrogens is 306 g/mol. The van der Waals surface area contributed by atoms with Crippen LogP contribution in [0, 0.1) is 11.6 Å². The highest BCUT2D eigenvalue weighted by Gasteiger charge is 2.31. The second-order valence-electron chi connectivity index (χ2n) is 4.90. The van der Waals surface area contributed by atoms with Crippen LogP contribution in [-0.4, -0.2) is 25.6 Å². The van der Waals surface area contributed by atoms with E-state index in [-0.39, 0.29) is 11.7 Å². The lowest BCUT2D eigenvalue weighted by atomic mass is 10.2. The smallest absolute Gasteiger partial charge is 0.329 e. The largest absolute Gasteiger partial charge is 0.429 e. The van der Waals surface area contributed by atoms with Crippen LogP contribution in [0.2, 0.25) is 0 Å². The van der Waals surface area contributed by atoms with Crippen LogP contribution in [0.25, 0.3) is 0 Å². The first kappa shape index (κ1) is 15.0. The molecule has 0 bridgehead atoms. The molecule has 7 heteroatoms. The maximum Gasteiger partial charge on any atom is 0.329 e. The molecule has 1 fully saturated rings. The summed E-state index contributed by atoms with van der Waals surface area (Å²) in [5.74, 6) is -1.65. The standard InChI is InChI=1S/C16H12F2N2O3/c17-14-5-4-12(9-15(14)18)20-7-6-19(16(20)22)11-2-1-3-13(8-11)23-10-21/h1-5,8-10H,6-7H2. The molecule has 1 heterocycles. The van der Waals surface area contributed by atoms with Crippen LogP contribution in [0.1, 0.15) is 0 Å². The van der Waals surface area contributed by atoms with Gasteiger partial charge in [-0.25, -0.2) is 13.6 Å². The zero-order valence-corrected chi connectivity index (χ0v) is 11.9. The van der Waals surface area contributed by atoms with E-state index in [2.05, 4.69) is 0 Å². The van der Waals surface area contributed by atoms with Gasteiger partial charge in [0.15, 0.2) is 11.6 Å². The van der Waals surface area contributed by atoms with Crippen molar-refractivity contribution in [3.8, 4) is 5.75 Å². The Kier molecular flexibility index (Phi) is 3.92. The second-order valence-corrected chi connectivity index (χ2v) is 4.90. The Morgan fingerprint density at radius 2 is 1.65 bits per heavy atom. The molecular formula is C16H12F2N2O3. The summed E-state index contributed by atoms with van der Waals surface area (Å²) in [6.45, 7) is 1.02. The van der Waals surface area contributed by atoms with Crippen LogP contribution in [0.15, 0.2) is 42.5 Å². The zero-order chi connectivity index (χ0) is 16.4. The van der Waals surface area contributed by atoms with Crippen molar-refractivity contribution in [2.24, 2.45) is 0 Å². The fraction of sp³-hybridized carbons (Fsp3) is 0.125. The molecule has 5 nitrogen and oxygen atoms in total. The van der Waals surface area contributed by atoms with Gasteiger partial charge in [-0.2, -0.15) is 0 Å². The van der Waals surface area contributed by atoms with Crippen LogP contribution < -0.4 is 14.5 Å². The number of anilines is 2. The lowest BCUT2D eigenvalue weighted by Gasteiger charge is -2.19. The number of hydrogen-bond donors (Lipinski definition) is 0. The van der Waals surface area contributed by atoms with Gasteiger partial charge in [0, 0.05) is 36.6 Å². The predicted octanol–water partition coefficient (Wildman–Crippen LogP) is 2.95. The van der Waals surface area contributed by atoms with E-state index in [1.165, 1.54) is 15.9 Å². The molecule has 0 spiro atoms. The molecule has 3 rings (SSSR count). The van der Waals surface area contributed by atoms with Gasteiger partial charge in [-0.3, -0.25) is 14.6 Å². The fourth-order valence-electron chi connectivity index (χ4n) is 2.45. The first-order chi connectivity index (χ1) is 11.1. The lowest BCUT2D eigenvalue weighted by Crippen LogP contribution is -2.31. The highest BCUT2D eigenvalue weighted by molar-refractivity contribution is 6.06. The number of ether oxygens (including phenoxy) is 1. The van der Waals surface area contributed by atoms with Gasteiger partial charge < -0.3 is 4.74 Å². The van der Waals surface area contributed by atoms with Crippen LogP contribution in [0.4, 0.5) is 25.0 Å². The second kappa shape index (κ2) is 6.04. The molecule has 1 saturated heterocycles. The number of carbonyl (C=O) groups is 2. The van der Waals surface area contributed by atoms with E-state index in [0.29, 0.717) is 31.0 Å². The molecule has 0 saturated carbocycles. The van der Waals surface area contributed by atoms with Crippen LogP contribution in [0.5, 0.6) is 5.75 Å². The average molecular weight is 318 g/mol. The summed E-state index contributed by atoms with van der Waals surface area (Å²) >= 11 is 0. The van der Waals surface area contributed by atoms with Crippen molar-refractivity contribution >= 4 is 23.9 Å².